The number of aliphatic hydroxyl groups excluding tert-OH is 1. The van der Waals surface area contributed by atoms with E-state index in [0.717, 1.165) is 43.9 Å². The zero-order valence-electron chi connectivity index (χ0n) is 21.6. The molecular formula is C29H48O4. The van der Waals surface area contributed by atoms with Crippen LogP contribution in [0.4, 0.5) is 0 Å². The van der Waals surface area contributed by atoms with E-state index in [4.69, 9.17) is 5.11 Å². The van der Waals surface area contributed by atoms with Gasteiger partial charge in [-0.3, -0.25) is 9.59 Å². The first kappa shape index (κ1) is 26.4. The van der Waals surface area contributed by atoms with E-state index in [1.807, 2.05) is 13.0 Å². The van der Waals surface area contributed by atoms with Crippen LogP contribution >= 0.6 is 0 Å². The van der Waals surface area contributed by atoms with Crippen molar-refractivity contribution in [2.75, 3.05) is 0 Å². The number of aliphatic carboxylic acids is 1. The summed E-state index contributed by atoms with van der Waals surface area (Å²) in [5.41, 5.74) is 1.89. The van der Waals surface area contributed by atoms with Gasteiger partial charge in [-0.15, -0.1) is 0 Å². The van der Waals surface area contributed by atoms with Gasteiger partial charge in [0.2, 0.25) is 0 Å². The number of rotatable bonds is 7. The van der Waals surface area contributed by atoms with Crippen LogP contribution in [0, 0.1) is 34.5 Å². The van der Waals surface area contributed by atoms with Crippen LogP contribution in [-0.2, 0) is 9.59 Å². The number of carboxylic acids is 1. The Morgan fingerprint density at radius 1 is 1.06 bits per heavy atom. The second-order valence-electron chi connectivity index (χ2n) is 12.2. The molecule has 0 heterocycles. The van der Waals surface area contributed by atoms with Crippen LogP contribution in [0.1, 0.15) is 118 Å². The largest absolute Gasteiger partial charge is 0.481 e. The molecule has 3 fully saturated rings. The predicted octanol–water partition coefficient (Wildman–Crippen LogP) is 6.95. The van der Waals surface area contributed by atoms with E-state index in [-0.39, 0.29) is 16.9 Å². The number of unbranched alkanes of at least 4 members (excludes halogenated alkanes) is 3. The predicted molar refractivity (Wildman–Crippen MR) is 133 cm³/mol. The quantitative estimate of drug-likeness (QED) is 0.403. The Hall–Kier alpha value is -1.16. The fourth-order valence-electron chi connectivity index (χ4n) is 7.85. The van der Waals surface area contributed by atoms with Gasteiger partial charge in [-0.2, -0.15) is 0 Å². The molecule has 0 aromatic heterocycles. The molecule has 0 aromatic rings. The van der Waals surface area contributed by atoms with Gasteiger partial charge < -0.3 is 10.2 Å². The molecule has 2 N–H and O–H groups in total. The molecule has 0 aliphatic heterocycles. The third-order valence-corrected chi connectivity index (χ3v) is 9.99. The zero-order valence-corrected chi connectivity index (χ0v) is 21.6. The van der Waals surface area contributed by atoms with E-state index in [1.54, 1.807) is 0 Å². The standard InChI is InChI=1S/C19H28O2.C10H20O2/c1-18-9-7-13(20)11-12(18)3-4-14-15-5-6-17(21)19(15,2)10-8-16(14)18;1-3-4-5-6-7-9(2)8-10(11)12/h11,14-17,21H,3-10H2,1-2H3;9H,3-8H2,1-2H3,(H,11,12)/t14-,15-,16-,17-,18-,19-;/m0./s1. The highest BCUT2D eigenvalue weighted by Gasteiger charge is 2.58. The normalized spacial score (nSPS) is 38.2. The van der Waals surface area contributed by atoms with Gasteiger partial charge in [0, 0.05) is 12.8 Å². The average molecular weight is 461 g/mol. The van der Waals surface area contributed by atoms with Gasteiger partial charge >= 0.3 is 5.97 Å². The lowest BCUT2D eigenvalue weighted by Gasteiger charge is -2.57. The van der Waals surface area contributed by atoms with Crippen LogP contribution in [0.15, 0.2) is 11.6 Å². The third kappa shape index (κ3) is 5.74. The monoisotopic (exact) mass is 460 g/mol. The molecule has 0 spiro atoms. The first-order chi connectivity index (χ1) is 15.6. The molecule has 7 atom stereocenters. The summed E-state index contributed by atoms with van der Waals surface area (Å²) in [5, 5.41) is 18.9. The number of allylic oxidation sites excluding steroid dienone is 1. The van der Waals surface area contributed by atoms with Crippen molar-refractivity contribution in [3.63, 3.8) is 0 Å². The Labute approximate surface area is 201 Å². The van der Waals surface area contributed by atoms with Gasteiger partial charge in [-0.25, -0.2) is 0 Å². The van der Waals surface area contributed by atoms with Crippen LogP contribution in [0.3, 0.4) is 0 Å². The van der Waals surface area contributed by atoms with E-state index in [2.05, 4.69) is 20.8 Å². The number of hydrogen-bond acceptors (Lipinski definition) is 3. The molecule has 4 aliphatic rings. The van der Waals surface area contributed by atoms with Crippen molar-refractivity contribution >= 4 is 11.8 Å². The molecule has 3 saturated carbocycles. The molecule has 4 nitrogen and oxygen atoms in total. The number of fused-ring (bicyclic) bond motifs is 5. The summed E-state index contributed by atoms with van der Waals surface area (Å²) in [6, 6.07) is 0. The Morgan fingerprint density at radius 2 is 1.82 bits per heavy atom. The summed E-state index contributed by atoms with van der Waals surface area (Å²) in [4.78, 5) is 22.1. The molecule has 0 saturated heterocycles. The molecule has 0 radical (unpaired) electrons. The highest BCUT2D eigenvalue weighted by Crippen LogP contribution is 2.65. The van der Waals surface area contributed by atoms with Crippen molar-refractivity contribution < 1.29 is 19.8 Å². The zero-order chi connectivity index (χ0) is 24.2. The van der Waals surface area contributed by atoms with Crippen molar-refractivity contribution in [3.8, 4) is 0 Å². The molecule has 33 heavy (non-hydrogen) atoms. The Morgan fingerprint density at radius 3 is 2.52 bits per heavy atom. The molecule has 4 rings (SSSR count). The van der Waals surface area contributed by atoms with E-state index in [1.165, 1.54) is 56.9 Å². The minimum Gasteiger partial charge on any atom is -0.481 e. The minimum atomic E-state index is -0.669. The van der Waals surface area contributed by atoms with Crippen molar-refractivity contribution in [2.45, 2.75) is 124 Å². The summed E-state index contributed by atoms with van der Waals surface area (Å²) >= 11 is 0. The highest BCUT2D eigenvalue weighted by atomic mass is 16.4. The molecule has 4 heteroatoms. The molecule has 188 valence electrons. The number of aliphatic hydroxyl groups is 1. The summed E-state index contributed by atoms with van der Waals surface area (Å²) in [6.45, 7) is 8.96. The molecular weight excluding hydrogens is 412 g/mol. The van der Waals surface area contributed by atoms with Crippen LogP contribution in [-0.4, -0.2) is 28.1 Å². The van der Waals surface area contributed by atoms with Crippen LogP contribution < -0.4 is 0 Å². The van der Waals surface area contributed by atoms with E-state index in [0.29, 0.717) is 24.0 Å². The summed E-state index contributed by atoms with van der Waals surface area (Å²) in [6.07, 6.45) is 17.0. The first-order valence-electron chi connectivity index (χ1n) is 13.8. The van der Waals surface area contributed by atoms with Crippen LogP contribution in [0.25, 0.3) is 0 Å². The minimum absolute atomic E-state index is 0.0823. The maximum atomic E-state index is 11.8. The van der Waals surface area contributed by atoms with Crippen molar-refractivity contribution in [1.82, 2.24) is 0 Å². The van der Waals surface area contributed by atoms with Gasteiger partial charge in [-0.1, -0.05) is 65.4 Å². The molecule has 0 aromatic carbocycles. The van der Waals surface area contributed by atoms with E-state index < -0.39 is 5.97 Å². The van der Waals surface area contributed by atoms with Crippen LogP contribution in [0.2, 0.25) is 0 Å². The fraction of sp³-hybridized carbons (Fsp3) is 0.862. The van der Waals surface area contributed by atoms with Gasteiger partial charge in [0.1, 0.15) is 0 Å². The maximum absolute atomic E-state index is 11.8. The molecule has 0 amide bonds. The summed E-state index contributed by atoms with van der Waals surface area (Å²) in [5.74, 6) is 2.25. The molecule has 4 aliphatic carbocycles. The van der Waals surface area contributed by atoms with Crippen molar-refractivity contribution in [1.29, 1.82) is 0 Å². The maximum Gasteiger partial charge on any atom is 0.303 e. The fourth-order valence-corrected chi connectivity index (χ4v) is 7.85. The second-order valence-corrected chi connectivity index (χ2v) is 12.2. The van der Waals surface area contributed by atoms with Crippen molar-refractivity contribution in [2.24, 2.45) is 34.5 Å². The summed E-state index contributed by atoms with van der Waals surface area (Å²) < 4.78 is 0. The van der Waals surface area contributed by atoms with Gasteiger partial charge in [0.25, 0.3) is 0 Å². The topological polar surface area (TPSA) is 74.6 Å². The number of carbonyl (C=O) groups excluding carboxylic acids is 1. The van der Waals surface area contributed by atoms with Gasteiger partial charge in [-0.05, 0) is 85.5 Å². The third-order valence-electron chi connectivity index (χ3n) is 9.99. The Kier molecular flexibility index (Phi) is 8.86. The van der Waals surface area contributed by atoms with E-state index in [9.17, 15) is 14.7 Å². The number of carbonyl (C=O) groups is 2. The number of ketones is 1. The van der Waals surface area contributed by atoms with Crippen LogP contribution in [0.5, 0.6) is 0 Å². The number of hydrogen-bond donors (Lipinski definition) is 2. The second kappa shape index (κ2) is 11.1. The Balaban J connectivity index is 0.000000221. The van der Waals surface area contributed by atoms with Crippen molar-refractivity contribution in [3.05, 3.63) is 11.6 Å². The average Bonchev–Trinajstić information content (AvgIpc) is 3.06. The Bertz CT molecular complexity index is 727. The van der Waals surface area contributed by atoms with E-state index >= 15 is 0 Å². The number of carboxylic acid groups (broad SMARTS) is 1. The smallest absolute Gasteiger partial charge is 0.303 e. The molecule has 1 unspecified atom stereocenters. The van der Waals surface area contributed by atoms with Gasteiger partial charge in [0.05, 0.1) is 6.10 Å². The highest BCUT2D eigenvalue weighted by molar-refractivity contribution is 5.91. The first-order valence-corrected chi connectivity index (χ1v) is 13.8. The lowest BCUT2D eigenvalue weighted by molar-refractivity contribution is -0.138. The van der Waals surface area contributed by atoms with Gasteiger partial charge in [0.15, 0.2) is 5.78 Å². The SMILES string of the molecule is CCCCCCC(C)CC(=O)O.C[C@]12CC[C@H]3[C@@H](CCC4=CC(=O)CC[C@@]43C)[C@@H]1CC[C@@H]2O. The lowest BCUT2D eigenvalue weighted by Crippen LogP contribution is -2.51. The lowest BCUT2D eigenvalue weighted by atomic mass is 9.47. The summed E-state index contributed by atoms with van der Waals surface area (Å²) in [7, 11) is 0. The molecule has 0 bridgehead atoms.